The van der Waals surface area contributed by atoms with Crippen molar-refractivity contribution in [3.8, 4) is 0 Å². The monoisotopic (exact) mass is 394 g/mol. The van der Waals surface area contributed by atoms with Crippen LogP contribution in [0.2, 0.25) is 0 Å². The highest BCUT2D eigenvalue weighted by molar-refractivity contribution is 5.75. The van der Waals surface area contributed by atoms with Crippen molar-refractivity contribution in [3.63, 3.8) is 0 Å². The Bertz CT molecular complexity index is 936. The fourth-order valence-corrected chi connectivity index (χ4v) is 3.37. The highest BCUT2D eigenvalue weighted by Gasteiger charge is 2.17. The van der Waals surface area contributed by atoms with Gasteiger partial charge in [-0.2, -0.15) is 4.98 Å². The lowest BCUT2D eigenvalue weighted by Gasteiger charge is -2.31. The number of rotatable bonds is 8. The van der Waals surface area contributed by atoms with E-state index in [2.05, 4.69) is 83.4 Å². The van der Waals surface area contributed by atoms with E-state index in [1.165, 1.54) is 24.0 Å². The first-order valence-electron chi connectivity index (χ1n) is 10.5. The van der Waals surface area contributed by atoms with Gasteiger partial charge in [-0.15, -0.1) is 0 Å². The zero-order valence-electron chi connectivity index (χ0n) is 18.4. The topological polar surface area (TPSA) is 72.9 Å². The molecule has 0 aliphatic rings. The van der Waals surface area contributed by atoms with E-state index in [-0.39, 0.29) is 5.54 Å². The molecule has 0 spiro atoms. The quantitative estimate of drug-likeness (QED) is 0.573. The average molecular weight is 395 g/mol. The second-order valence-corrected chi connectivity index (χ2v) is 8.87. The van der Waals surface area contributed by atoms with Crippen LogP contribution in [0.1, 0.15) is 63.8 Å². The van der Waals surface area contributed by atoms with Crippen LogP contribution >= 0.6 is 0 Å². The molecule has 0 aliphatic carbocycles. The molecule has 156 valence electrons. The summed E-state index contributed by atoms with van der Waals surface area (Å²) in [5.74, 6) is 0.307. The summed E-state index contributed by atoms with van der Waals surface area (Å²) in [5, 5.41) is 0. The molecule has 0 unspecified atom stereocenters. The van der Waals surface area contributed by atoms with E-state index in [1.807, 2.05) is 6.33 Å². The van der Waals surface area contributed by atoms with E-state index < -0.39 is 0 Å². The van der Waals surface area contributed by atoms with Crippen molar-refractivity contribution in [2.45, 2.75) is 72.0 Å². The molecule has 0 fully saturated rings. The van der Waals surface area contributed by atoms with Crippen LogP contribution in [-0.4, -0.2) is 37.0 Å². The van der Waals surface area contributed by atoms with Gasteiger partial charge in [0, 0.05) is 18.6 Å². The molecule has 2 heterocycles. The van der Waals surface area contributed by atoms with Gasteiger partial charge in [0.25, 0.3) is 0 Å². The smallest absolute Gasteiger partial charge is 0.222 e. The minimum atomic E-state index is 0.157. The van der Waals surface area contributed by atoms with Crippen LogP contribution in [-0.2, 0) is 19.5 Å². The van der Waals surface area contributed by atoms with E-state index >= 15 is 0 Å². The number of fused-ring (bicyclic) bond motifs is 1. The predicted molar refractivity (Wildman–Crippen MR) is 120 cm³/mol. The van der Waals surface area contributed by atoms with E-state index in [0.29, 0.717) is 11.6 Å². The summed E-state index contributed by atoms with van der Waals surface area (Å²) < 4.78 is 2.15. The molecule has 2 N–H and O–H groups in total. The van der Waals surface area contributed by atoms with Gasteiger partial charge in [-0.1, -0.05) is 44.0 Å². The minimum absolute atomic E-state index is 0.157. The molecule has 0 saturated heterocycles. The number of hydrogen-bond donors (Lipinski definition) is 1. The molecule has 3 rings (SSSR count). The number of nitrogens with two attached hydrogens (primary N) is 1. The Balaban J connectivity index is 1.79. The number of hydrogen-bond acceptors (Lipinski definition) is 5. The third-order valence-corrected chi connectivity index (χ3v) is 5.52. The van der Waals surface area contributed by atoms with Gasteiger partial charge in [-0.3, -0.25) is 4.90 Å². The van der Waals surface area contributed by atoms with Crippen LogP contribution in [0.3, 0.4) is 0 Å². The normalized spacial score (nSPS) is 12.2. The van der Waals surface area contributed by atoms with E-state index in [0.717, 1.165) is 37.1 Å². The highest BCUT2D eigenvalue weighted by atomic mass is 15.2. The maximum Gasteiger partial charge on any atom is 0.222 e. The SMILES string of the molecule is CCCCCc1nc(N)nc2ncn(Cc3ccc(CN(C)C(C)(C)C)cc3)c12. The van der Waals surface area contributed by atoms with Gasteiger partial charge in [0.1, 0.15) is 5.52 Å². The third-order valence-electron chi connectivity index (χ3n) is 5.52. The Morgan fingerprint density at radius 2 is 1.72 bits per heavy atom. The molecule has 0 aliphatic heterocycles. The molecular formula is C23H34N6. The number of nitrogen functional groups attached to an aromatic ring is 1. The molecule has 29 heavy (non-hydrogen) atoms. The predicted octanol–water partition coefficient (Wildman–Crippen LogP) is 4.42. The number of aromatic nitrogens is 4. The van der Waals surface area contributed by atoms with Gasteiger partial charge in [0.2, 0.25) is 5.95 Å². The zero-order valence-corrected chi connectivity index (χ0v) is 18.4. The number of aryl methyl sites for hydroxylation is 1. The van der Waals surface area contributed by atoms with Gasteiger partial charge in [0.05, 0.1) is 12.0 Å². The summed E-state index contributed by atoms with van der Waals surface area (Å²) in [6, 6.07) is 8.83. The Kier molecular flexibility index (Phi) is 6.52. The summed E-state index contributed by atoms with van der Waals surface area (Å²) in [6.45, 7) is 10.6. The van der Waals surface area contributed by atoms with Crippen molar-refractivity contribution in [2.24, 2.45) is 0 Å². The zero-order chi connectivity index (χ0) is 21.0. The van der Waals surface area contributed by atoms with Crippen LogP contribution in [0.4, 0.5) is 5.95 Å². The van der Waals surface area contributed by atoms with Crippen LogP contribution in [0.25, 0.3) is 11.2 Å². The summed E-state index contributed by atoms with van der Waals surface area (Å²) >= 11 is 0. The number of nitrogens with zero attached hydrogens (tertiary/aromatic N) is 5. The van der Waals surface area contributed by atoms with Crippen LogP contribution < -0.4 is 5.73 Å². The first-order chi connectivity index (χ1) is 13.8. The van der Waals surface area contributed by atoms with E-state index in [9.17, 15) is 0 Å². The molecule has 0 radical (unpaired) electrons. The van der Waals surface area contributed by atoms with Crippen LogP contribution in [0.5, 0.6) is 0 Å². The van der Waals surface area contributed by atoms with Gasteiger partial charge >= 0.3 is 0 Å². The van der Waals surface area contributed by atoms with Crippen LogP contribution in [0, 0.1) is 0 Å². The maximum atomic E-state index is 5.90. The molecular weight excluding hydrogens is 360 g/mol. The fraction of sp³-hybridized carbons (Fsp3) is 0.522. The van der Waals surface area contributed by atoms with Crippen molar-refractivity contribution in [1.82, 2.24) is 24.4 Å². The van der Waals surface area contributed by atoms with Gasteiger partial charge in [0.15, 0.2) is 5.65 Å². The highest BCUT2D eigenvalue weighted by Crippen LogP contribution is 2.20. The van der Waals surface area contributed by atoms with Gasteiger partial charge in [-0.05, 0) is 51.8 Å². The standard InChI is InChI=1S/C23H34N6/c1-6-7-8-9-19-20-21(27-22(24)26-19)25-16-29(20)15-18-12-10-17(11-13-18)14-28(5)23(2,3)4/h10-13,16H,6-9,14-15H2,1-5H3,(H2,24,26,27). The lowest BCUT2D eigenvalue weighted by atomic mass is 10.0. The molecule has 0 amide bonds. The summed E-state index contributed by atoms with van der Waals surface area (Å²) in [5.41, 5.74) is 11.3. The first kappa shape index (κ1) is 21.2. The van der Waals surface area contributed by atoms with Crippen molar-refractivity contribution in [2.75, 3.05) is 12.8 Å². The number of imidazole rings is 1. The van der Waals surface area contributed by atoms with Crippen LogP contribution in [0.15, 0.2) is 30.6 Å². The fourth-order valence-electron chi connectivity index (χ4n) is 3.37. The largest absolute Gasteiger partial charge is 0.368 e. The van der Waals surface area contributed by atoms with Crippen molar-refractivity contribution in [3.05, 3.63) is 47.4 Å². The molecule has 6 heteroatoms. The van der Waals surface area contributed by atoms with E-state index in [1.54, 1.807) is 0 Å². The lowest BCUT2D eigenvalue weighted by Crippen LogP contribution is -2.37. The molecule has 3 aromatic rings. The minimum Gasteiger partial charge on any atom is -0.368 e. The Hall–Kier alpha value is -2.47. The Labute approximate surface area is 174 Å². The molecule has 0 bridgehead atoms. The third kappa shape index (κ3) is 5.32. The summed E-state index contributed by atoms with van der Waals surface area (Å²) in [6.07, 6.45) is 6.22. The van der Waals surface area contributed by atoms with Crippen molar-refractivity contribution < 1.29 is 0 Å². The Morgan fingerprint density at radius 1 is 1.03 bits per heavy atom. The Morgan fingerprint density at radius 3 is 2.38 bits per heavy atom. The number of benzene rings is 1. The molecule has 2 aromatic heterocycles. The molecule has 0 saturated carbocycles. The van der Waals surface area contributed by atoms with Gasteiger partial charge in [-0.25, -0.2) is 9.97 Å². The summed E-state index contributed by atoms with van der Waals surface area (Å²) in [7, 11) is 2.16. The molecule has 0 atom stereocenters. The lowest BCUT2D eigenvalue weighted by molar-refractivity contribution is 0.167. The first-order valence-corrected chi connectivity index (χ1v) is 10.5. The number of anilines is 1. The number of unbranched alkanes of at least 4 members (excludes halogenated alkanes) is 2. The average Bonchev–Trinajstić information content (AvgIpc) is 3.05. The molecule has 6 nitrogen and oxygen atoms in total. The maximum absolute atomic E-state index is 5.90. The van der Waals surface area contributed by atoms with Gasteiger partial charge < -0.3 is 10.3 Å². The van der Waals surface area contributed by atoms with Crippen molar-refractivity contribution >= 4 is 17.1 Å². The second kappa shape index (κ2) is 8.91. The van der Waals surface area contributed by atoms with Crippen molar-refractivity contribution in [1.29, 1.82) is 0 Å². The van der Waals surface area contributed by atoms with E-state index in [4.69, 9.17) is 5.73 Å². The summed E-state index contributed by atoms with van der Waals surface area (Å²) in [4.78, 5) is 15.7. The second-order valence-electron chi connectivity index (χ2n) is 8.87. The molecule has 1 aromatic carbocycles.